The van der Waals surface area contributed by atoms with Gasteiger partial charge >= 0.3 is 5.97 Å². The molecule has 9 atom stereocenters. The summed E-state index contributed by atoms with van der Waals surface area (Å²) in [5.74, 6) is -16.5. The molecular formula is C64H57Cl2N9O19. The van der Waals surface area contributed by atoms with Crippen molar-refractivity contribution >= 4 is 70.5 Å². The number of aliphatic hydroxyl groups excluding tert-OH is 1. The van der Waals surface area contributed by atoms with Gasteiger partial charge in [-0.15, -0.1) is 0 Å². The number of hydrogen-bond donors (Lipinski definition) is 17. The van der Waals surface area contributed by atoms with Gasteiger partial charge < -0.3 is 104 Å². The lowest BCUT2D eigenvalue weighted by molar-refractivity contribution is -0.143. The Bertz CT molecular complexity index is 4310. The molecule has 7 amide bonds. The second-order valence-electron chi connectivity index (χ2n) is 22.5. The molecule has 0 unspecified atom stereocenters. The predicted octanol–water partition coefficient (Wildman–Crippen LogP) is 4.60. The SMILES string of the molecule is NCCCC[C@@H](N)C(=O)N[C@@H]1C(=O)N[C@@H]2Cc3ccc(c(Cl)c3)Oc3cc4cc(c3O)Oc3ccc(cc3Cl)[C@@H](O)[C@@H]3NC(=O)[C@H](NC(=O)[C@@H]4NC(=O)[C@@H](NC2=O)c2cc(O)cc(c2)Oc2cc1ccc2O)c1ccc(O)c(c1)-c1c(O)cc(O)cc1[C@@H](C(=O)O)NC3=O. The van der Waals surface area contributed by atoms with Crippen molar-refractivity contribution in [3.8, 4) is 80.1 Å². The molecule has 94 heavy (non-hydrogen) atoms. The second kappa shape index (κ2) is 26.3. The molecule has 28 nitrogen and oxygen atoms in total. The maximum absolute atomic E-state index is 15.8. The number of fused-ring (bicyclic) bond motifs is 14. The molecular weight excluding hydrogens is 1270 g/mol. The summed E-state index contributed by atoms with van der Waals surface area (Å²) in [4.78, 5) is 119. The molecule has 19 N–H and O–H groups in total. The summed E-state index contributed by atoms with van der Waals surface area (Å²) >= 11 is 13.8. The first-order valence-electron chi connectivity index (χ1n) is 28.9. The van der Waals surface area contributed by atoms with Crippen LogP contribution >= 0.6 is 23.2 Å². The number of aliphatic hydroxyl groups is 1. The summed E-state index contributed by atoms with van der Waals surface area (Å²) in [5, 5.41) is 108. The van der Waals surface area contributed by atoms with Crippen LogP contribution in [-0.4, -0.2) is 113 Å². The van der Waals surface area contributed by atoms with E-state index in [1.54, 1.807) is 0 Å². The molecule has 0 spiro atoms. The van der Waals surface area contributed by atoms with Gasteiger partial charge in [-0.05, 0) is 132 Å². The van der Waals surface area contributed by atoms with Gasteiger partial charge in [-0.25, -0.2) is 4.79 Å². The maximum atomic E-state index is 15.8. The van der Waals surface area contributed by atoms with E-state index >= 15 is 19.2 Å². The van der Waals surface area contributed by atoms with Crippen molar-refractivity contribution in [3.63, 3.8) is 0 Å². The number of aromatic hydroxyl groups is 6. The van der Waals surface area contributed by atoms with Crippen molar-refractivity contribution in [3.05, 3.63) is 164 Å². The van der Waals surface area contributed by atoms with E-state index in [0.717, 1.165) is 66.7 Å². The third kappa shape index (κ3) is 13.2. The molecule has 0 fully saturated rings. The van der Waals surface area contributed by atoms with Crippen molar-refractivity contribution in [2.24, 2.45) is 11.5 Å². The molecule has 13 rings (SSSR count). The van der Waals surface area contributed by atoms with Crippen molar-refractivity contribution in [2.75, 3.05) is 6.54 Å². The largest absolute Gasteiger partial charge is 0.508 e. The number of unbranched alkanes of at least 4 members (excludes halogenated alkanes) is 1. The number of ether oxygens (including phenoxy) is 3. The highest BCUT2D eigenvalue weighted by Gasteiger charge is 2.42. The number of carboxylic acids is 1. The van der Waals surface area contributed by atoms with Gasteiger partial charge in [0.1, 0.15) is 82.6 Å². The third-order valence-corrected chi connectivity index (χ3v) is 16.6. The van der Waals surface area contributed by atoms with Gasteiger partial charge in [0, 0.05) is 35.2 Å². The lowest BCUT2D eigenvalue weighted by Gasteiger charge is -2.31. The van der Waals surface area contributed by atoms with Crippen LogP contribution < -0.4 is 62.9 Å². The fourth-order valence-corrected chi connectivity index (χ4v) is 11.7. The third-order valence-electron chi connectivity index (χ3n) is 16.0. The van der Waals surface area contributed by atoms with E-state index in [4.69, 9.17) is 48.9 Å². The molecule has 0 aliphatic carbocycles. The minimum atomic E-state index is -2.22. The fraction of sp³-hybridized carbons (Fsp3) is 0.219. The molecule has 6 aliphatic heterocycles. The number of carboxylic acid groups (broad SMARTS) is 1. The first-order chi connectivity index (χ1) is 44.8. The number of carbonyl (C=O) groups is 8. The van der Waals surface area contributed by atoms with Crippen LogP contribution in [-0.2, 0) is 44.8 Å². The van der Waals surface area contributed by atoms with Crippen LogP contribution in [0.4, 0.5) is 0 Å². The van der Waals surface area contributed by atoms with Gasteiger partial charge in [0.25, 0.3) is 0 Å². The number of amides is 7. The second-order valence-corrected chi connectivity index (χ2v) is 23.3. The van der Waals surface area contributed by atoms with Crippen LogP contribution in [0.5, 0.6) is 69.0 Å². The highest BCUT2D eigenvalue weighted by Crippen LogP contribution is 2.48. The van der Waals surface area contributed by atoms with Gasteiger partial charge in [0.2, 0.25) is 47.1 Å². The summed E-state index contributed by atoms with van der Waals surface area (Å²) in [7, 11) is 0. The Labute approximate surface area is 541 Å². The molecule has 6 aliphatic rings. The highest BCUT2D eigenvalue weighted by atomic mass is 35.5. The topological polar surface area (TPSA) is 462 Å². The number of phenolic OH excluding ortho intramolecular Hbond substituents is 6. The van der Waals surface area contributed by atoms with E-state index in [1.165, 1.54) is 48.5 Å². The molecule has 7 aromatic rings. The number of nitrogens with two attached hydrogens (primary N) is 2. The summed E-state index contributed by atoms with van der Waals surface area (Å²) in [6, 6.07) is 6.10. The van der Waals surface area contributed by atoms with Gasteiger partial charge in [-0.1, -0.05) is 53.9 Å². The van der Waals surface area contributed by atoms with Crippen LogP contribution in [0.1, 0.15) is 94.5 Å². The number of rotatable bonds is 7. The molecule has 486 valence electrons. The Balaban J connectivity index is 1.11. The predicted molar refractivity (Wildman–Crippen MR) is 330 cm³/mol. The molecule has 30 heteroatoms. The molecule has 7 aromatic carbocycles. The summed E-state index contributed by atoms with van der Waals surface area (Å²) in [6.07, 6.45) is -1.44. The molecule has 0 saturated carbocycles. The van der Waals surface area contributed by atoms with Crippen molar-refractivity contribution in [2.45, 2.75) is 80.1 Å². The number of phenols is 6. The zero-order valence-corrected chi connectivity index (χ0v) is 50.2. The Kier molecular flexibility index (Phi) is 18.0. The fourth-order valence-electron chi connectivity index (χ4n) is 11.2. The molecule has 0 saturated heterocycles. The molecule has 0 aromatic heterocycles. The minimum Gasteiger partial charge on any atom is -0.508 e. The van der Waals surface area contributed by atoms with Crippen LogP contribution in [0.15, 0.2) is 115 Å². The Morgan fingerprint density at radius 2 is 1.15 bits per heavy atom. The number of halogens is 2. The van der Waals surface area contributed by atoms with Gasteiger partial charge in [-0.2, -0.15) is 0 Å². The molecule has 6 heterocycles. The van der Waals surface area contributed by atoms with Crippen molar-refractivity contribution < 1.29 is 93.4 Å². The summed E-state index contributed by atoms with van der Waals surface area (Å²) in [5.41, 5.74) is 9.61. The van der Waals surface area contributed by atoms with Crippen molar-refractivity contribution in [1.29, 1.82) is 0 Å². The minimum absolute atomic E-state index is 0.0107. The van der Waals surface area contributed by atoms with Crippen LogP contribution in [0, 0.1) is 0 Å². The summed E-state index contributed by atoms with van der Waals surface area (Å²) in [6.45, 7) is 0.318. The van der Waals surface area contributed by atoms with E-state index in [-0.39, 0.29) is 72.8 Å². The van der Waals surface area contributed by atoms with Gasteiger partial charge in [-0.3, -0.25) is 33.6 Å². The van der Waals surface area contributed by atoms with Gasteiger partial charge in [0.15, 0.2) is 29.0 Å². The smallest absolute Gasteiger partial charge is 0.330 e. The maximum Gasteiger partial charge on any atom is 0.330 e. The first kappa shape index (κ1) is 64.5. The first-order valence-corrected chi connectivity index (χ1v) is 29.6. The zero-order chi connectivity index (χ0) is 67.1. The van der Waals surface area contributed by atoms with Gasteiger partial charge in [0.05, 0.1) is 16.1 Å². The Hall–Kier alpha value is -11.0. The standard InChI is InChI=1S/C64H57Cl2N9O19/c65-36-13-25-4-10-43(36)93-46-20-30-21-47(56(46)82)94-44-11-7-28(18-37(44)66)55(81)54-63(89)74-53(64(90)91)35-23-32(77)24-42(80)48(35)34-17-26(5-8-40(34)78)49(60(86)75-54)72-62(88)52(30)73-61(87)51-29-15-31(76)22-33(16-29)92-45-19-27(6-9-41(45)79)50(59(85)69-39(14-25)58(84)71-51)70-57(83)38(68)3-1-2-12-67/h4-11,13,15-24,38-39,49-55,76-82H,1-3,12,14,67-68H2,(H,69,85)(H,70,83)(H,71,84)(H,72,88)(H,73,87)(H,74,89)(H,75,86)(H,90,91)/t38-,39-,49-,50+,51+,52-,53+,54+,55-/m1/s1. The number of hydrogen-bond acceptors (Lipinski definition) is 20. The van der Waals surface area contributed by atoms with E-state index in [1.807, 2.05) is 0 Å². The molecule has 0 radical (unpaired) electrons. The van der Waals surface area contributed by atoms with Crippen LogP contribution in [0.3, 0.4) is 0 Å². The average Bonchev–Trinajstić information content (AvgIpc) is 0.780. The molecule has 17 bridgehead atoms. The lowest BCUT2D eigenvalue weighted by Crippen LogP contribution is -2.55. The quantitative estimate of drug-likeness (QED) is 0.0970. The Morgan fingerprint density at radius 3 is 1.82 bits per heavy atom. The number of carbonyl (C=O) groups excluding carboxylic acids is 7. The number of benzene rings is 7. The number of nitrogens with one attached hydrogen (secondary N) is 7. The van der Waals surface area contributed by atoms with E-state index in [2.05, 4.69) is 37.2 Å². The number of aliphatic carboxylic acids is 1. The summed E-state index contributed by atoms with van der Waals surface area (Å²) < 4.78 is 18.6. The van der Waals surface area contributed by atoms with E-state index < -0.39 is 171 Å². The Morgan fingerprint density at radius 1 is 0.553 bits per heavy atom. The van der Waals surface area contributed by atoms with E-state index in [9.17, 15) is 60.0 Å². The van der Waals surface area contributed by atoms with Crippen LogP contribution in [0.2, 0.25) is 10.0 Å². The monoisotopic (exact) mass is 1330 g/mol. The van der Waals surface area contributed by atoms with Crippen LogP contribution in [0.25, 0.3) is 11.1 Å². The van der Waals surface area contributed by atoms with E-state index in [0.29, 0.717) is 19.4 Å². The van der Waals surface area contributed by atoms with Crippen molar-refractivity contribution in [1.82, 2.24) is 37.2 Å². The normalized spacial score (nSPS) is 21.3. The lowest BCUT2D eigenvalue weighted by atomic mass is 9.89. The zero-order valence-electron chi connectivity index (χ0n) is 48.7. The highest BCUT2D eigenvalue weighted by molar-refractivity contribution is 6.32. The average molecular weight is 1330 g/mol.